The summed E-state index contributed by atoms with van der Waals surface area (Å²) < 4.78 is 5.78. The van der Waals surface area contributed by atoms with Gasteiger partial charge in [0, 0.05) is 28.7 Å². The fourth-order valence-electron chi connectivity index (χ4n) is 1.97. The van der Waals surface area contributed by atoms with E-state index < -0.39 is 0 Å². The van der Waals surface area contributed by atoms with E-state index in [1.54, 1.807) is 19.1 Å². The fraction of sp³-hybridized carbons (Fsp3) is 0.294. The molecule has 2 N–H and O–H groups in total. The second-order valence-electron chi connectivity index (χ2n) is 5.15. The molecule has 0 unspecified atom stereocenters. The monoisotopic (exact) mass is 339 g/mol. The molecule has 0 aliphatic rings. The predicted molar refractivity (Wildman–Crippen MR) is 90.6 cm³/mol. The first-order chi connectivity index (χ1) is 10.5. The van der Waals surface area contributed by atoms with E-state index in [1.165, 1.54) is 0 Å². The summed E-state index contributed by atoms with van der Waals surface area (Å²) in [6, 6.07) is 13.2. The highest BCUT2D eigenvalue weighted by atomic mass is 35.5. The Kier molecular flexibility index (Phi) is 6.52. The smallest absolute Gasteiger partial charge is 0.120 e. The summed E-state index contributed by atoms with van der Waals surface area (Å²) in [5.74, 6) is 0.780. The van der Waals surface area contributed by atoms with E-state index in [2.05, 4.69) is 5.32 Å². The minimum Gasteiger partial charge on any atom is -0.489 e. The highest BCUT2D eigenvalue weighted by Crippen LogP contribution is 2.23. The van der Waals surface area contributed by atoms with E-state index in [0.717, 1.165) is 16.9 Å². The summed E-state index contributed by atoms with van der Waals surface area (Å²) in [4.78, 5) is 0. The zero-order valence-electron chi connectivity index (χ0n) is 12.4. The van der Waals surface area contributed by atoms with Crippen LogP contribution in [0.15, 0.2) is 42.5 Å². The highest BCUT2D eigenvalue weighted by molar-refractivity contribution is 6.35. The Morgan fingerprint density at radius 2 is 2.00 bits per heavy atom. The molecule has 2 aromatic rings. The molecule has 0 fully saturated rings. The van der Waals surface area contributed by atoms with Crippen molar-refractivity contribution in [2.45, 2.75) is 26.2 Å². The second kappa shape index (κ2) is 8.39. The lowest BCUT2D eigenvalue weighted by molar-refractivity contribution is 0.191. The Morgan fingerprint density at radius 3 is 2.73 bits per heavy atom. The third-order valence-electron chi connectivity index (χ3n) is 3.08. The molecule has 0 aliphatic carbocycles. The van der Waals surface area contributed by atoms with Crippen LogP contribution in [0.5, 0.6) is 5.75 Å². The van der Waals surface area contributed by atoms with Gasteiger partial charge in [0.25, 0.3) is 0 Å². The van der Waals surface area contributed by atoms with Gasteiger partial charge in [-0.3, -0.25) is 0 Å². The predicted octanol–water partition coefficient (Wildman–Crippen LogP) is 4.04. The Labute approximate surface area is 140 Å². The molecular weight excluding hydrogens is 321 g/mol. The molecule has 0 spiro atoms. The van der Waals surface area contributed by atoms with E-state index in [0.29, 0.717) is 29.7 Å². The van der Waals surface area contributed by atoms with Crippen LogP contribution in [-0.4, -0.2) is 17.8 Å². The van der Waals surface area contributed by atoms with Crippen molar-refractivity contribution in [1.29, 1.82) is 0 Å². The number of benzene rings is 2. The van der Waals surface area contributed by atoms with E-state index in [4.69, 9.17) is 27.9 Å². The van der Waals surface area contributed by atoms with Gasteiger partial charge < -0.3 is 15.2 Å². The summed E-state index contributed by atoms with van der Waals surface area (Å²) in [5.41, 5.74) is 1.99. The lowest BCUT2D eigenvalue weighted by Crippen LogP contribution is -2.23. The topological polar surface area (TPSA) is 41.5 Å². The molecule has 0 bridgehead atoms. The van der Waals surface area contributed by atoms with Crippen molar-refractivity contribution in [2.24, 2.45) is 0 Å². The number of hydrogen-bond acceptors (Lipinski definition) is 3. The van der Waals surface area contributed by atoms with Crippen molar-refractivity contribution in [2.75, 3.05) is 6.54 Å². The quantitative estimate of drug-likeness (QED) is 0.799. The minimum absolute atomic E-state index is 0.355. The average Bonchev–Trinajstić information content (AvgIpc) is 2.46. The van der Waals surface area contributed by atoms with Crippen LogP contribution >= 0.6 is 23.2 Å². The summed E-state index contributed by atoms with van der Waals surface area (Å²) in [5, 5.41) is 13.6. The van der Waals surface area contributed by atoms with Crippen molar-refractivity contribution in [1.82, 2.24) is 5.32 Å². The lowest BCUT2D eigenvalue weighted by Gasteiger charge is -2.11. The SMILES string of the molecule is C[C@@H](O)CNCc1cccc(OCc2ccc(Cl)cc2Cl)c1. The zero-order chi connectivity index (χ0) is 15.9. The molecule has 0 amide bonds. The standard InChI is InChI=1S/C17H19Cl2NO2/c1-12(21)9-20-10-13-3-2-4-16(7-13)22-11-14-5-6-15(18)8-17(14)19/h2-8,12,20-21H,9-11H2,1H3/t12-/m1/s1. The largest absolute Gasteiger partial charge is 0.489 e. The van der Waals surface area contributed by atoms with Gasteiger partial charge in [0.1, 0.15) is 12.4 Å². The Hall–Kier alpha value is -1.26. The molecule has 2 aromatic carbocycles. The van der Waals surface area contributed by atoms with Gasteiger partial charge in [0.05, 0.1) is 6.10 Å². The molecule has 0 saturated heterocycles. The first kappa shape index (κ1) is 17.1. The van der Waals surface area contributed by atoms with E-state index in [-0.39, 0.29) is 6.10 Å². The van der Waals surface area contributed by atoms with Crippen molar-refractivity contribution in [3.05, 3.63) is 63.6 Å². The molecule has 3 nitrogen and oxygen atoms in total. The molecule has 1 atom stereocenters. The van der Waals surface area contributed by atoms with E-state index >= 15 is 0 Å². The molecule has 5 heteroatoms. The average molecular weight is 340 g/mol. The first-order valence-electron chi connectivity index (χ1n) is 7.09. The van der Waals surface area contributed by atoms with Crippen molar-refractivity contribution >= 4 is 23.2 Å². The molecular formula is C17H19Cl2NO2. The van der Waals surface area contributed by atoms with Crippen LogP contribution in [0.25, 0.3) is 0 Å². The summed E-state index contributed by atoms with van der Waals surface area (Å²) in [6.07, 6.45) is -0.355. The van der Waals surface area contributed by atoms with Gasteiger partial charge in [0.2, 0.25) is 0 Å². The van der Waals surface area contributed by atoms with E-state index in [9.17, 15) is 5.11 Å². The fourth-order valence-corrected chi connectivity index (χ4v) is 2.43. The molecule has 0 heterocycles. The number of halogens is 2. The zero-order valence-corrected chi connectivity index (χ0v) is 13.9. The van der Waals surface area contributed by atoms with Crippen LogP contribution in [0.3, 0.4) is 0 Å². The van der Waals surface area contributed by atoms with Gasteiger partial charge >= 0.3 is 0 Å². The van der Waals surface area contributed by atoms with Gasteiger partial charge in [-0.05, 0) is 36.8 Å². The molecule has 2 rings (SSSR count). The van der Waals surface area contributed by atoms with Crippen molar-refractivity contribution < 1.29 is 9.84 Å². The van der Waals surface area contributed by atoms with Gasteiger partial charge in [-0.25, -0.2) is 0 Å². The number of aliphatic hydroxyl groups is 1. The third-order valence-corrected chi connectivity index (χ3v) is 3.66. The lowest BCUT2D eigenvalue weighted by atomic mass is 10.2. The normalized spacial score (nSPS) is 12.2. The maximum Gasteiger partial charge on any atom is 0.120 e. The van der Waals surface area contributed by atoms with Crippen LogP contribution in [-0.2, 0) is 13.2 Å². The summed E-state index contributed by atoms with van der Waals surface area (Å²) in [6.45, 7) is 3.39. The first-order valence-corrected chi connectivity index (χ1v) is 7.84. The Morgan fingerprint density at radius 1 is 1.18 bits per heavy atom. The number of rotatable bonds is 7. The summed E-state index contributed by atoms with van der Waals surface area (Å²) in [7, 11) is 0. The molecule has 0 aromatic heterocycles. The van der Waals surface area contributed by atoms with Crippen LogP contribution < -0.4 is 10.1 Å². The maximum absolute atomic E-state index is 9.23. The number of nitrogens with one attached hydrogen (secondary N) is 1. The van der Waals surface area contributed by atoms with Crippen LogP contribution in [0.2, 0.25) is 10.0 Å². The number of ether oxygens (including phenoxy) is 1. The van der Waals surface area contributed by atoms with Crippen molar-refractivity contribution in [3.63, 3.8) is 0 Å². The summed E-state index contributed by atoms with van der Waals surface area (Å²) >= 11 is 12.0. The molecule has 0 radical (unpaired) electrons. The van der Waals surface area contributed by atoms with Crippen molar-refractivity contribution in [3.8, 4) is 5.75 Å². The molecule has 118 valence electrons. The molecule has 0 aliphatic heterocycles. The minimum atomic E-state index is -0.355. The van der Waals surface area contributed by atoms with E-state index in [1.807, 2.05) is 30.3 Å². The highest BCUT2D eigenvalue weighted by Gasteiger charge is 2.03. The third kappa shape index (κ3) is 5.50. The van der Waals surface area contributed by atoms with Gasteiger partial charge in [-0.1, -0.05) is 41.4 Å². The van der Waals surface area contributed by atoms with Gasteiger partial charge in [-0.2, -0.15) is 0 Å². The molecule has 22 heavy (non-hydrogen) atoms. The number of aliphatic hydroxyl groups excluding tert-OH is 1. The number of hydrogen-bond donors (Lipinski definition) is 2. The maximum atomic E-state index is 9.23. The Balaban J connectivity index is 1.92. The van der Waals surface area contributed by atoms with Gasteiger partial charge in [0.15, 0.2) is 0 Å². The second-order valence-corrected chi connectivity index (χ2v) is 6.00. The van der Waals surface area contributed by atoms with Crippen LogP contribution in [0.1, 0.15) is 18.1 Å². The molecule has 0 saturated carbocycles. The van der Waals surface area contributed by atoms with Gasteiger partial charge in [-0.15, -0.1) is 0 Å². The van der Waals surface area contributed by atoms with Crippen LogP contribution in [0.4, 0.5) is 0 Å². The Bertz CT molecular complexity index is 617. The van der Waals surface area contributed by atoms with Crippen LogP contribution in [0, 0.1) is 0 Å².